The van der Waals surface area contributed by atoms with Gasteiger partial charge in [0.05, 0.1) is 31.0 Å². The lowest BCUT2D eigenvalue weighted by molar-refractivity contribution is -0.154. The number of nitrogens with two attached hydrogens (primary N) is 1. The lowest BCUT2D eigenvalue weighted by Crippen LogP contribution is -2.48. The van der Waals surface area contributed by atoms with Crippen LogP contribution in [0.15, 0.2) is 6.20 Å². The molecule has 0 saturated carbocycles. The summed E-state index contributed by atoms with van der Waals surface area (Å²) >= 11 is 0. The molecule has 34 heavy (non-hydrogen) atoms. The minimum Gasteiger partial charge on any atom is -0.395 e. The van der Waals surface area contributed by atoms with Crippen LogP contribution in [0, 0.1) is 5.92 Å². The summed E-state index contributed by atoms with van der Waals surface area (Å²) < 4.78 is 41.5. The van der Waals surface area contributed by atoms with E-state index in [0.29, 0.717) is 36.1 Å². The smallest absolute Gasteiger partial charge is 0.395 e. The number of unbranched alkanes of at least 4 members (excludes halogenated alkanes) is 2. The number of anilines is 2. The maximum Gasteiger partial charge on any atom is 0.435 e. The van der Waals surface area contributed by atoms with E-state index < -0.39 is 29.6 Å². The topological polar surface area (TPSA) is 139 Å². The number of hydrogen-bond acceptors (Lipinski definition) is 9. The van der Waals surface area contributed by atoms with Crippen molar-refractivity contribution in [1.29, 1.82) is 0 Å². The molecule has 0 spiro atoms. The predicted molar refractivity (Wildman–Crippen MR) is 117 cm³/mol. The van der Waals surface area contributed by atoms with Crippen LogP contribution in [-0.4, -0.2) is 88.4 Å². The van der Waals surface area contributed by atoms with Crippen LogP contribution in [0.25, 0.3) is 0 Å². The summed E-state index contributed by atoms with van der Waals surface area (Å²) in [6, 6.07) is 0. The van der Waals surface area contributed by atoms with E-state index in [-0.39, 0.29) is 44.8 Å². The van der Waals surface area contributed by atoms with Gasteiger partial charge in [0.2, 0.25) is 18.3 Å². The van der Waals surface area contributed by atoms with E-state index >= 15 is 0 Å². The molecule has 0 aromatic carbocycles. The summed E-state index contributed by atoms with van der Waals surface area (Å²) in [5, 5.41) is 19.3. The van der Waals surface area contributed by atoms with E-state index in [1.54, 1.807) is 0 Å². The lowest BCUT2D eigenvalue weighted by Gasteiger charge is -2.36. The Bertz CT molecular complexity index is 807. The molecule has 11 nitrogen and oxygen atoms in total. The number of nitrogens with zero attached hydrogens (tertiary/aromatic N) is 6. The maximum absolute atomic E-state index is 13.8. The van der Waals surface area contributed by atoms with Gasteiger partial charge in [-0.15, -0.1) is 0 Å². The molecule has 192 valence electrons. The molecule has 1 aromatic heterocycles. The van der Waals surface area contributed by atoms with Gasteiger partial charge in [-0.25, -0.2) is 25.9 Å². The van der Waals surface area contributed by atoms with Gasteiger partial charge in [-0.05, 0) is 6.42 Å². The van der Waals surface area contributed by atoms with Crippen molar-refractivity contribution in [2.45, 2.75) is 38.8 Å². The van der Waals surface area contributed by atoms with Crippen LogP contribution in [0.3, 0.4) is 0 Å². The molecule has 2 rings (SSSR count). The van der Waals surface area contributed by atoms with Crippen LogP contribution in [0.1, 0.15) is 38.3 Å². The zero-order valence-electron chi connectivity index (χ0n) is 19.1. The second kappa shape index (κ2) is 12.8. The third-order valence-electron chi connectivity index (χ3n) is 5.64. The molecule has 1 fully saturated rings. The Hall–Kier alpha value is -2.55. The number of carbonyl (C=O) groups is 2. The second-order valence-corrected chi connectivity index (χ2v) is 8.08. The number of halogens is 3. The first-order chi connectivity index (χ1) is 16.1. The summed E-state index contributed by atoms with van der Waals surface area (Å²) in [6.45, 7) is 3.51. The van der Waals surface area contributed by atoms with Gasteiger partial charge in [-0.2, -0.15) is 13.2 Å². The van der Waals surface area contributed by atoms with Crippen LogP contribution >= 0.6 is 0 Å². The largest absolute Gasteiger partial charge is 0.435 e. The minimum atomic E-state index is -4.82. The molecule has 1 aliphatic rings. The summed E-state index contributed by atoms with van der Waals surface area (Å²) in [6.07, 6.45) is -1.17. The highest BCUT2D eigenvalue weighted by atomic mass is 19.4. The van der Waals surface area contributed by atoms with E-state index in [1.165, 1.54) is 4.90 Å². The summed E-state index contributed by atoms with van der Waals surface area (Å²) in [5.41, 5.74) is -1.43. The third-order valence-corrected chi connectivity index (χ3v) is 5.64. The van der Waals surface area contributed by atoms with Gasteiger partial charge in [0.15, 0.2) is 5.69 Å². The fourth-order valence-electron chi connectivity index (χ4n) is 3.77. The number of carbonyl (C=O) groups excluding carboxylic acids is 2. The van der Waals surface area contributed by atoms with Crippen molar-refractivity contribution >= 4 is 24.0 Å². The van der Waals surface area contributed by atoms with Crippen LogP contribution in [0.5, 0.6) is 0 Å². The number of aliphatic hydroxyl groups excluding tert-OH is 1. The zero-order chi connectivity index (χ0) is 25.3. The first-order valence-corrected chi connectivity index (χ1v) is 11.1. The van der Waals surface area contributed by atoms with Gasteiger partial charge in [0.1, 0.15) is 0 Å². The number of piperazine rings is 1. The van der Waals surface area contributed by atoms with Crippen LogP contribution in [0.4, 0.5) is 24.8 Å². The van der Waals surface area contributed by atoms with E-state index in [0.717, 1.165) is 19.0 Å². The van der Waals surface area contributed by atoms with E-state index in [4.69, 9.17) is 10.9 Å². The van der Waals surface area contributed by atoms with Crippen molar-refractivity contribution in [3.05, 3.63) is 11.9 Å². The van der Waals surface area contributed by atoms with Crippen molar-refractivity contribution < 1.29 is 33.1 Å². The van der Waals surface area contributed by atoms with Gasteiger partial charge in [0.25, 0.3) is 0 Å². The molecular formula is C20H32F3N7O4. The highest BCUT2D eigenvalue weighted by molar-refractivity contribution is 5.92. The number of hydrazine groups is 1. The molecule has 0 aliphatic carbocycles. The third kappa shape index (κ3) is 7.48. The van der Waals surface area contributed by atoms with Gasteiger partial charge in [-0.1, -0.05) is 26.2 Å². The first kappa shape index (κ1) is 27.7. The fraction of sp³-hybridized carbons (Fsp3) is 0.700. The Balaban J connectivity index is 2.26. The number of alkyl halides is 3. The molecule has 14 heteroatoms. The fourth-order valence-corrected chi connectivity index (χ4v) is 3.77. The number of hydrogen-bond donors (Lipinski definition) is 3. The number of hydroxylamine groups is 2. The number of β-amino-alcohol motifs (C(OH)–C–C–N with tert-alkyl or cyclic N) is 1. The molecular weight excluding hydrogens is 459 g/mol. The maximum atomic E-state index is 13.8. The van der Waals surface area contributed by atoms with Gasteiger partial charge >= 0.3 is 6.18 Å². The summed E-state index contributed by atoms with van der Waals surface area (Å²) in [5.74, 6) is 3.43. The van der Waals surface area contributed by atoms with Crippen molar-refractivity contribution in [1.82, 2.24) is 19.9 Å². The van der Waals surface area contributed by atoms with E-state index in [1.807, 2.05) is 11.8 Å². The average molecular weight is 492 g/mol. The molecule has 2 heterocycles. The van der Waals surface area contributed by atoms with Crippen LogP contribution in [0.2, 0.25) is 0 Å². The minimum absolute atomic E-state index is 0.0354. The lowest BCUT2D eigenvalue weighted by atomic mass is 10.00. The van der Waals surface area contributed by atoms with Gasteiger partial charge in [-0.3, -0.25) is 19.7 Å². The number of rotatable bonds is 12. The highest BCUT2D eigenvalue weighted by Crippen LogP contribution is 2.36. The molecule has 1 atom stereocenters. The highest BCUT2D eigenvalue weighted by Gasteiger charge is 2.39. The normalized spacial score (nSPS) is 15.8. The Kier molecular flexibility index (Phi) is 10.4. The molecule has 1 aromatic rings. The average Bonchev–Trinajstić information content (AvgIpc) is 2.82. The standard InChI is InChI=1S/C20H32F3N7O4/c1-2-3-4-5-15(13-29(34)14-32)18(33)30(24)19-25-12-16(17(26-19)20(21,22)23)28-8-6-27(7-9-28)10-11-31/h12,14-15,31,34H,2-11,13,24H2,1H3. The molecule has 0 bridgehead atoms. The quantitative estimate of drug-likeness (QED) is 0.0970. The summed E-state index contributed by atoms with van der Waals surface area (Å²) in [7, 11) is 0. The number of aliphatic hydroxyl groups is 1. The van der Waals surface area contributed by atoms with E-state index in [2.05, 4.69) is 9.97 Å². The Morgan fingerprint density at radius 1 is 1.29 bits per heavy atom. The first-order valence-electron chi connectivity index (χ1n) is 11.1. The number of amides is 2. The monoisotopic (exact) mass is 491 g/mol. The van der Waals surface area contributed by atoms with Crippen LogP contribution < -0.4 is 15.8 Å². The van der Waals surface area contributed by atoms with Gasteiger partial charge in [0, 0.05) is 32.7 Å². The Morgan fingerprint density at radius 3 is 2.53 bits per heavy atom. The molecule has 4 N–H and O–H groups in total. The summed E-state index contributed by atoms with van der Waals surface area (Å²) in [4.78, 5) is 34.6. The molecule has 1 unspecified atom stereocenters. The van der Waals surface area contributed by atoms with Crippen molar-refractivity contribution in [3.63, 3.8) is 0 Å². The van der Waals surface area contributed by atoms with Crippen molar-refractivity contribution in [2.24, 2.45) is 11.8 Å². The van der Waals surface area contributed by atoms with Crippen LogP contribution in [-0.2, 0) is 15.8 Å². The Morgan fingerprint density at radius 2 is 1.97 bits per heavy atom. The Labute approximate surface area is 195 Å². The van der Waals surface area contributed by atoms with Crippen molar-refractivity contribution in [3.8, 4) is 0 Å². The van der Waals surface area contributed by atoms with E-state index in [9.17, 15) is 28.0 Å². The molecule has 0 radical (unpaired) electrons. The predicted octanol–water partition coefficient (Wildman–Crippen LogP) is 0.861. The molecule has 2 amide bonds. The van der Waals surface area contributed by atoms with Crippen molar-refractivity contribution in [2.75, 3.05) is 55.8 Å². The molecule has 1 aliphatic heterocycles. The van der Waals surface area contributed by atoms with Gasteiger partial charge < -0.3 is 10.0 Å². The zero-order valence-corrected chi connectivity index (χ0v) is 19.1. The molecule has 1 saturated heterocycles. The SMILES string of the molecule is CCCCCC(CN(O)C=O)C(=O)N(N)c1ncc(N2CCN(CCO)CC2)c(C(F)(F)F)n1. The number of aromatic nitrogens is 2. The second-order valence-electron chi connectivity index (χ2n) is 8.08.